The molecule has 0 aliphatic carbocycles. The Balaban J connectivity index is 1.94. The van der Waals surface area contributed by atoms with Gasteiger partial charge in [0.15, 0.2) is 4.34 Å². The Bertz CT molecular complexity index is 572. The van der Waals surface area contributed by atoms with E-state index in [0.717, 1.165) is 28.9 Å². The van der Waals surface area contributed by atoms with Crippen LogP contribution in [-0.4, -0.2) is 26.6 Å². The van der Waals surface area contributed by atoms with Gasteiger partial charge in [-0.3, -0.25) is 10.1 Å². The van der Waals surface area contributed by atoms with Crippen molar-refractivity contribution < 1.29 is 4.92 Å². The molecule has 0 bridgehead atoms. The van der Waals surface area contributed by atoms with Crippen molar-refractivity contribution in [1.29, 1.82) is 0 Å². The standard InChI is InChI=1S/C11H13N5O2S2/c1-2-3-6-12-10-14-15-11(20-10)19-9-5-4-8(7-13-9)16(17)18/h4-5,7H,2-3,6H2,1H3,(H,12,14). The summed E-state index contributed by atoms with van der Waals surface area (Å²) in [4.78, 5) is 14.1. The number of hydrogen-bond donors (Lipinski definition) is 1. The van der Waals surface area contributed by atoms with E-state index in [1.54, 1.807) is 6.07 Å². The molecule has 2 aromatic rings. The summed E-state index contributed by atoms with van der Waals surface area (Å²) in [6.07, 6.45) is 3.45. The fourth-order valence-electron chi connectivity index (χ4n) is 1.32. The summed E-state index contributed by atoms with van der Waals surface area (Å²) >= 11 is 2.78. The monoisotopic (exact) mass is 311 g/mol. The topological polar surface area (TPSA) is 93.8 Å². The molecule has 0 fully saturated rings. The van der Waals surface area contributed by atoms with Gasteiger partial charge in [-0.15, -0.1) is 10.2 Å². The van der Waals surface area contributed by atoms with E-state index in [2.05, 4.69) is 27.4 Å². The van der Waals surface area contributed by atoms with Gasteiger partial charge in [0, 0.05) is 12.6 Å². The van der Waals surface area contributed by atoms with Crippen LogP contribution in [0.2, 0.25) is 0 Å². The molecular weight excluding hydrogens is 298 g/mol. The lowest BCUT2D eigenvalue weighted by molar-refractivity contribution is -0.385. The molecule has 0 saturated carbocycles. The number of nitrogens with zero attached hydrogens (tertiary/aromatic N) is 4. The largest absolute Gasteiger partial charge is 0.360 e. The molecule has 106 valence electrons. The number of pyridine rings is 1. The van der Waals surface area contributed by atoms with Gasteiger partial charge in [0.1, 0.15) is 11.2 Å². The maximum Gasteiger partial charge on any atom is 0.287 e. The van der Waals surface area contributed by atoms with Crippen molar-refractivity contribution in [2.45, 2.75) is 29.1 Å². The average molecular weight is 311 g/mol. The summed E-state index contributed by atoms with van der Waals surface area (Å²) in [6, 6.07) is 3.03. The zero-order valence-corrected chi connectivity index (χ0v) is 12.4. The van der Waals surface area contributed by atoms with Crippen LogP contribution >= 0.6 is 23.1 Å². The van der Waals surface area contributed by atoms with Gasteiger partial charge in [0.25, 0.3) is 5.69 Å². The first-order valence-corrected chi connectivity index (χ1v) is 7.68. The maximum atomic E-state index is 10.5. The number of rotatable bonds is 7. The SMILES string of the molecule is CCCCNc1nnc(Sc2ccc([N+](=O)[O-])cn2)s1. The van der Waals surface area contributed by atoms with Crippen molar-refractivity contribution in [2.75, 3.05) is 11.9 Å². The molecule has 2 rings (SSSR count). The molecule has 0 radical (unpaired) electrons. The molecule has 0 spiro atoms. The van der Waals surface area contributed by atoms with Crippen molar-refractivity contribution >= 4 is 33.9 Å². The van der Waals surface area contributed by atoms with Gasteiger partial charge in [0.05, 0.1) is 4.92 Å². The van der Waals surface area contributed by atoms with Gasteiger partial charge < -0.3 is 5.32 Å². The Morgan fingerprint density at radius 3 is 2.95 bits per heavy atom. The number of unbranched alkanes of at least 4 members (excludes halogenated alkanes) is 1. The normalized spacial score (nSPS) is 10.4. The first kappa shape index (κ1) is 14.7. The summed E-state index contributed by atoms with van der Waals surface area (Å²) in [5.74, 6) is 0. The predicted octanol–water partition coefficient (Wildman–Crippen LogP) is 3.20. The van der Waals surface area contributed by atoms with Crippen LogP contribution in [0.5, 0.6) is 0 Å². The van der Waals surface area contributed by atoms with Crippen molar-refractivity contribution in [3.63, 3.8) is 0 Å². The summed E-state index contributed by atoms with van der Waals surface area (Å²) in [7, 11) is 0. The minimum Gasteiger partial charge on any atom is -0.360 e. The van der Waals surface area contributed by atoms with Crippen molar-refractivity contribution in [1.82, 2.24) is 15.2 Å². The van der Waals surface area contributed by atoms with Gasteiger partial charge in [-0.05, 0) is 24.2 Å². The molecule has 0 saturated heterocycles. The zero-order chi connectivity index (χ0) is 14.4. The van der Waals surface area contributed by atoms with Crippen molar-refractivity contribution in [3.05, 3.63) is 28.4 Å². The van der Waals surface area contributed by atoms with Crippen LogP contribution < -0.4 is 5.32 Å². The molecule has 2 heterocycles. The summed E-state index contributed by atoms with van der Waals surface area (Å²) in [5.41, 5.74) is -0.0199. The second kappa shape index (κ2) is 7.15. The summed E-state index contributed by atoms with van der Waals surface area (Å²) < 4.78 is 0.755. The number of nitro groups is 1. The first-order valence-electron chi connectivity index (χ1n) is 6.04. The Morgan fingerprint density at radius 1 is 1.45 bits per heavy atom. The molecule has 7 nitrogen and oxygen atoms in total. The van der Waals surface area contributed by atoms with Crippen LogP contribution in [0.3, 0.4) is 0 Å². The lowest BCUT2D eigenvalue weighted by Gasteiger charge is -1.97. The van der Waals surface area contributed by atoms with Gasteiger partial charge in [-0.2, -0.15) is 0 Å². The van der Waals surface area contributed by atoms with E-state index in [0.29, 0.717) is 5.03 Å². The molecular formula is C11H13N5O2S2. The molecule has 0 aliphatic heterocycles. The van der Waals surface area contributed by atoms with E-state index in [9.17, 15) is 10.1 Å². The number of nitrogens with one attached hydrogen (secondary N) is 1. The van der Waals surface area contributed by atoms with Gasteiger partial charge in [0.2, 0.25) is 5.13 Å². The van der Waals surface area contributed by atoms with E-state index in [1.807, 2.05) is 0 Å². The fraction of sp³-hybridized carbons (Fsp3) is 0.364. The Hall–Kier alpha value is -1.74. The molecule has 9 heteroatoms. The van der Waals surface area contributed by atoms with E-state index in [1.165, 1.54) is 35.4 Å². The Kier molecular flexibility index (Phi) is 5.24. The van der Waals surface area contributed by atoms with E-state index in [-0.39, 0.29) is 5.69 Å². The number of aromatic nitrogens is 3. The molecule has 0 aliphatic rings. The van der Waals surface area contributed by atoms with Crippen LogP contribution in [-0.2, 0) is 0 Å². The minimum atomic E-state index is -0.470. The molecule has 0 amide bonds. The highest BCUT2D eigenvalue weighted by molar-refractivity contribution is 8.01. The molecule has 20 heavy (non-hydrogen) atoms. The van der Waals surface area contributed by atoms with Crippen LogP contribution in [0.1, 0.15) is 19.8 Å². The van der Waals surface area contributed by atoms with E-state index in [4.69, 9.17) is 0 Å². The fourth-order valence-corrected chi connectivity index (χ4v) is 2.99. The Morgan fingerprint density at radius 2 is 2.30 bits per heavy atom. The number of hydrogen-bond acceptors (Lipinski definition) is 8. The quantitative estimate of drug-likeness (QED) is 0.476. The zero-order valence-electron chi connectivity index (χ0n) is 10.8. The van der Waals surface area contributed by atoms with E-state index >= 15 is 0 Å². The summed E-state index contributed by atoms with van der Waals surface area (Å²) in [5, 5.41) is 23.2. The maximum absolute atomic E-state index is 10.5. The van der Waals surface area contributed by atoms with Crippen molar-refractivity contribution in [2.24, 2.45) is 0 Å². The number of anilines is 1. The lowest BCUT2D eigenvalue weighted by Crippen LogP contribution is -1.99. The molecule has 0 aromatic carbocycles. The van der Waals surface area contributed by atoms with Crippen molar-refractivity contribution in [3.8, 4) is 0 Å². The molecule has 0 unspecified atom stereocenters. The predicted molar refractivity (Wildman–Crippen MR) is 78.3 cm³/mol. The third-order valence-corrected chi connectivity index (χ3v) is 4.22. The first-order chi connectivity index (χ1) is 9.69. The highest BCUT2D eigenvalue weighted by atomic mass is 32.2. The third kappa shape index (κ3) is 4.14. The van der Waals surface area contributed by atoms with Crippen LogP contribution in [0.25, 0.3) is 0 Å². The smallest absolute Gasteiger partial charge is 0.287 e. The third-order valence-electron chi connectivity index (χ3n) is 2.34. The van der Waals surface area contributed by atoms with Gasteiger partial charge in [-0.1, -0.05) is 24.7 Å². The van der Waals surface area contributed by atoms with Crippen LogP contribution in [0.4, 0.5) is 10.8 Å². The average Bonchev–Trinajstić information content (AvgIpc) is 2.87. The van der Waals surface area contributed by atoms with Gasteiger partial charge >= 0.3 is 0 Å². The van der Waals surface area contributed by atoms with Gasteiger partial charge in [-0.25, -0.2) is 4.98 Å². The lowest BCUT2D eigenvalue weighted by atomic mass is 10.3. The Labute approximate surface area is 124 Å². The molecule has 1 N–H and O–H groups in total. The van der Waals surface area contributed by atoms with Crippen LogP contribution in [0, 0.1) is 10.1 Å². The highest BCUT2D eigenvalue weighted by Gasteiger charge is 2.09. The second-order valence-electron chi connectivity index (χ2n) is 3.87. The van der Waals surface area contributed by atoms with Crippen LogP contribution in [0.15, 0.2) is 27.7 Å². The second-order valence-corrected chi connectivity index (χ2v) is 6.11. The molecule has 2 aromatic heterocycles. The summed E-state index contributed by atoms with van der Waals surface area (Å²) in [6.45, 7) is 3.01. The highest BCUT2D eigenvalue weighted by Crippen LogP contribution is 2.31. The molecule has 0 atom stereocenters. The van der Waals surface area contributed by atoms with E-state index < -0.39 is 4.92 Å². The minimum absolute atomic E-state index is 0.0199.